The molecule has 1 nitrogen and oxygen atoms in total. The van der Waals surface area contributed by atoms with Crippen LogP contribution in [-0.4, -0.2) is 6.29 Å². The zero-order valence-corrected chi connectivity index (χ0v) is 8.51. The summed E-state index contributed by atoms with van der Waals surface area (Å²) in [6.45, 7) is 1.83. The summed E-state index contributed by atoms with van der Waals surface area (Å²) >= 11 is 5.79. The lowest BCUT2D eigenvalue weighted by Gasteiger charge is -2.01. The van der Waals surface area contributed by atoms with Crippen LogP contribution in [0.2, 0.25) is 5.02 Å². The Bertz CT molecular complexity index is 351. The van der Waals surface area contributed by atoms with Crippen LogP contribution in [-0.2, 0) is 4.79 Å². The molecule has 0 bridgehead atoms. The normalized spacial score (nSPS) is 11.5. The van der Waals surface area contributed by atoms with E-state index in [1.54, 1.807) is 6.07 Å². The van der Waals surface area contributed by atoms with Crippen LogP contribution in [0, 0.1) is 5.82 Å². The van der Waals surface area contributed by atoms with Crippen molar-refractivity contribution >= 4 is 24.0 Å². The molecule has 74 valence electrons. The van der Waals surface area contributed by atoms with Crippen molar-refractivity contribution in [3.8, 4) is 0 Å². The molecule has 0 spiro atoms. The molecule has 0 N–H and O–H groups in total. The number of carbonyl (C=O) groups excluding carboxylic acids is 1. The predicted molar refractivity (Wildman–Crippen MR) is 55.7 cm³/mol. The van der Waals surface area contributed by atoms with Crippen molar-refractivity contribution in [3.63, 3.8) is 0 Å². The van der Waals surface area contributed by atoms with Gasteiger partial charge in [0.05, 0.1) is 5.02 Å². The first-order valence-electron chi connectivity index (χ1n) is 4.28. The van der Waals surface area contributed by atoms with E-state index >= 15 is 0 Å². The number of aldehydes is 1. The summed E-state index contributed by atoms with van der Waals surface area (Å²) in [6.07, 6.45) is 2.75. The Hall–Kier alpha value is -1.15. The van der Waals surface area contributed by atoms with Gasteiger partial charge >= 0.3 is 0 Å². The van der Waals surface area contributed by atoms with E-state index in [2.05, 4.69) is 0 Å². The monoisotopic (exact) mass is 212 g/mol. The van der Waals surface area contributed by atoms with Gasteiger partial charge in [-0.3, -0.25) is 4.79 Å². The number of halogens is 2. The summed E-state index contributed by atoms with van der Waals surface area (Å²) in [5.74, 6) is -0.412. The number of benzene rings is 1. The molecule has 0 radical (unpaired) electrons. The van der Waals surface area contributed by atoms with Crippen LogP contribution in [0.3, 0.4) is 0 Å². The van der Waals surface area contributed by atoms with Crippen molar-refractivity contribution in [2.75, 3.05) is 0 Å². The Labute approximate surface area is 87.2 Å². The first kappa shape index (κ1) is 10.9. The van der Waals surface area contributed by atoms with E-state index in [4.69, 9.17) is 11.6 Å². The third kappa shape index (κ3) is 2.42. The third-order valence-electron chi connectivity index (χ3n) is 1.89. The molecule has 0 aliphatic carbocycles. The minimum Gasteiger partial charge on any atom is -0.298 e. The Morgan fingerprint density at radius 2 is 2.29 bits per heavy atom. The number of hydrogen-bond donors (Lipinski definition) is 0. The van der Waals surface area contributed by atoms with E-state index in [0.29, 0.717) is 23.3 Å². The van der Waals surface area contributed by atoms with Crippen LogP contribution in [0.5, 0.6) is 0 Å². The lowest BCUT2D eigenvalue weighted by atomic mass is 10.1. The van der Waals surface area contributed by atoms with Crippen LogP contribution in [0.1, 0.15) is 18.9 Å². The SMILES string of the molecule is CC/C(C=O)=C\c1c(F)cccc1Cl. The molecule has 1 aromatic rings. The lowest BCUT2D eigenvalue weighted by molar-refractivity contribution is -0.104. The third-order valence-corrected chi connectivity index (χ3v) is 2.22. The largest absolute Gasteiger partial charge is 0.298 e. The maximum atomic E-state index is 13.2. The van der Waals surface area contributed by atoms with Crippen molar-refractivity contribution in [1.29, 1.82) is 0 Å². The van der Waals surface area contributed by atoms with Crippen molar-refractivity contribution in [2.24, 2.45) is 0 Å². The molecule has 1 rings (SSSR count). The number of rotatable bonds is 3. The molecular weight excluding hydrogens is 203 g/mol. The fourth-order valence-electron chi connectivity index (χ4n) is 1.05. The van der Waals surface area contributed by atoms with Crippen LogP contribution >= 0.6 is 11.6 Å². The van der Waals surface area contributed by atoms with E-state index in [1.807, 2.05) is 6.92 Å². The maximum Gasteiger partial charge on any atom is 0.146 e. The molecule has 0 saturated heterocycles. The molecule has 0 atom stereocenters. The second-order valence-electron chi connectivity index (χ2n) is 2.83. The summed E-state index contributed by atoms with van der Waals surface area (Å²) in [4.78, 5) is 10.5. The van der Waals surface area contributed by atoms with Crippen LogP contribution in [0.4, 0.5) is 4.39 Å². The molecule has 1 aromatic carbocycles. The molecule has 3 heteroatoms. The van der Waals surface area contributed by atoms with Crippen molar-refractivity contribution in [1.82, 2.24) is 0 Å². The van der Waals surface area contributed by atoms with Crippen LogP contribution in [0.15, 0.2) is 23.8 Å². The second kappa shape index (κ2) is 4.91. The Morgan fingerprint density at radius 1 is 1.57 bits per heavy atom. The molecule has 0 heterocycles. The van der Waals surface area contributed by atoms with E-state index in [-0.39, 0.29) is 5.56 Å². The Balaban J connectivity index is 3.18. The smallest absolute Gasteiger partial charge is 0.146 e. The molecule has 0 aromatic heterocycles. The molecular formula is C11H10ClFO. The number of carbonyl (C=O) groups is 1. The minimum absolute atomic E-state index is 0.276. The Morgan fingerprint density at radius 3 is 2.79 bits per heavy atom. The highest BCUT2D eigenvalue weighted by Gasteiger charge is 2.04. The quantitative estimate of drug-likeness (QED) is 0.554. The first-order chi connectivity index (χ1) is 6.69. The molecule has 0 saturated carbocycles. The molecule has 0 aliphatic heterocycles. The minimum atomic E-state index is -0.412. The predicted octanol–water partition coefficient (Wildman–Crippen LogP) is 3.47. The summed E-state index contributed by atoms with van der Waals surface area (Å²) in [5, 5.41) is 0.317. The van der Waals surface area contributed by atoms with E-state index in [9.17, 15) is 9.18 Å². The van der Waals surface area contributed by atoms with Gasteiger partial charge in [0.1, 0.15) is 12.1 Å². The van der Waals surface area contributed by atoms with Crippen LogP contribution < -0.4 is 0 Å². The van der Waals surface area contributed by atoms with Gasteiger partial charge in [-0.2, -0.15) is 0 Å². The van der Waals surface area contributed by atoms with Crippen molar-refractivity contribution in [2.45, 2.75) is 13.3 Å². The van der Waals surface area contributed by atoms with Gasteiger partial charge in [-0.15, -0.1) is 0 Å². The van der Waals surface area contributed by atoms with E-state index in [1.165, 1.54) is 18.2 Å². The molecule has 0 amide bonds. The molecule has 0 aliphatic rings. The fourth-order valence-corrected chi connectivity index (χ4v) is 1.27. The summed E-state index contributed by atoms with van der Waals surface area (Å²) in [5.41, 5.74) is 0.801. The van der Waals surface area contributed by atoms with Crippen molar-refractivity contribution < 1.29 is 9.18 Å². The first-order valence-corrected chi connectivity index (χ1v) is 4.66. The topological polar surface area (TPSA) is 17.1 Å². The van der Waals surface area contributed by atoms with Crippen LogP contribution in [0.25, 0.3) is 6.08 Å². The Kier molecular flexibility index (Phi) is 3.84. The zero-order valence-electron chi connectivity index (χ0n) is 7.76. The lowest BCUT2D eigenvalue weighted by Crippen LogP contribution is -1.87. The summed E-state index contributed by atoms with van der Waals surface area (Å²) in [7, 11) is 0. The van der Waals surface area contributed by atoms with E-state index in [0.717, 1.165) is 0 Å². The fraction of sp³-hybridized carbons (Fsp3) is 0.182. The highest BCUT2D eigenvalue weighted by Crippen LogP contribution is 2.21. The van der Waals surface area contributed by atoms with Gasteiger partial charge in [-0.1, -0.05) is 24.6 Å². The van der Waals surface area contributed by atoms with Gasteiger partial charge in [0, 0.05) is 5.56 Å². The second-order valence-corrected chi connectivity index (χ2v) is 3.23. The van der Waals surface area contributed by atoms with Gasteiger partial charge in [0.25, 0.3) is 0 Å². The van der Waals surface area contributed by atoms with Gasteiger partial charge in [-0.25, -0.2) is 4.39 Å². The molecule has 0 fully saturated rings. The molecule has 14 heavy (non-hydrogen) atoms. The molecule has 0 unspecified atom stereocenters. The maximum absolute atomic E-state index is 13.2. The standard InChI is InChI=1S/C11H10ClFO/c1-2-8(7-14)6-9-10(12)4-3-5-11(9)13/h3-7H,2H2,1H3/b8-6+. The van der Waals surface area contributed by atoms with Gasteiger partial charge < -0.3 is 0 Å². The summed E-state index contributed by atoms with van der Waals surface area (Å²) in [6, 6.07) is 4.44. The van der Waals surface area contributed by atoms with E-state index < -0.39 is 5.82 Å². The van der Waals surface area contributed by atoms with Gasteiger partial charge in [0.15, 0.2) is 0 Å². The average Bonchev–Trinajstić information content (AvgIpc) is 2.18. The number of allylic oxidation sites excluding steroid dienone is 1. The average molecular weight is 213 g/mol. The summed E-state index contributed by atoms with van der Waals surface area (Å²) < 4.78 is 13.2. The van der Waals surface area contributed by atoms with Gasteiger partial charge in [0.2, 0.25) is 0 Å². The number of hydrogen-bond acceptors (Lipinski definition) is 1. The van der Waals surface area contributed by atoms with Gasteiger partial charge in [-0.05, 0) is 30.2 Å². The van der Waals surface area contributed by atoms with Crippen molar-refractivity contribution in [3.05, 3.63) is 40.2 Å². The zero-order chi connectivity index (χ0) is 10.6. The highest BCUT2D eigenvalue weighted by atomic mass is 35.5. The highest BCUT2D eigenvalue weighted by molar-refractivity contribution is 6.32.